The van der Waals surface area contributed by atoms with E-state index in [0.29, 0.717) is 28.5 Å². The van der Waals surface area contributed by atoms with E-state index < -0.39 is 0 Å². The summed E-state index contributed by atoms with van der Waals surface area (Å²) in [5, 5.41) is 15.4. The molecule has 8 heteroatoms. The highest BCUT2D eigenvalue weighted by atomic mass is 35.5. The second-order valence-electron chi connectivity index (χ2n) is 5.55. The van der Waals surface area contributed by atoms with Crippen molar-refractivity contribution in [2.24, 2.45) is 0 Å². The first-order chi connectivity index (χ1) is 12.5. The van der Waals surface area contributed by atoms with Crippen LogP contribution in [0, 0.1) is 0 Å². The molecule has 0 fully saturated rings. The van der Waals surface area contributed by atoms with E-state index in [9.17, 15) is 9.59 Å². The molecule has 0 aliphatic carbocycles. The number of carbonyl (C=O) groups excluding carboxylic acids is 2. The Morgan fingerprint density at radius 1 is 1.08 bits per heavy atom. The molecule has 2 aromatic carbocycles. The Bertz CT molecular complexity index is 920. The van der Waals surface area contributed by atoms with Gasteiger partial charge < -0.3 is 5.32 Å². The summed E-state index contributed by atoms with van der Waals surface area (Å²) >= 11 is 5.86. The molecule has 0 aliphatic heterocycles. The minimum Gasteiger partial charge on any atom is -0.326 e. The topological polar surface area (TPSA) is 89.8 Å². The molecular formula is C18H16ClN5O2. The van der Waals surface area contributed by atoms with Gasteiger partial charge in [0.15, 0.2) is 5.78 Å². The molecule has 3 aromatic rings. The van der Waals surface area contributed by atoms with Crippen molar-refractivity contribution in [2.75, 3.05) is 5.32 Å². The standard InChI is InChI=1S/C18H16ClN5O2/c1-2-17(26)20-15-9-5-12(6-10-15)16(25)11-24-22-18(21-23-24)13-3-7-14(19)8-4-13/h3-10H,2,11H2,1H3,(H,20,26). The van der Waals surface area contributed by atoms with Gasteiger partial charge in [0.2, 0.25) is 11.7 Å². The van der Waals surface area contributed by atoms with Crippen LogP contribution in [0.15, 0.2) is 48.5 Å². The number of hydrogen-bond donors (Lipinski definition) is 1. The van der Waals surface area contributed by atoms with Crippen LogP contribution < -0.4 is 5.32 Å². The summed E-state index contributed by atoms with van der Waals surface area (Å²) in [5.41, 5.74) is 1.92. The van der Waals surface area contributed by atoms with Crippen molar-refractivity contribution < 1.29 is 9.59 Å². The summed E-state index contributed by atoms with van der Waals surface area (Å²) in [5.74, 6) is 0.191. The molecule has 0 saturated heterocycles. The Labute approximate surface area is 155 Å². The fourth-order valence-corrected chi connectivity index (χ4v) is 2.36. The van der Waals surface area contributed by atoms with Crippen LogP contribution >= 0.6 is 11.6 Å². The summed E-state index contributed by atoms with van der Waals surface area (Å²) in [6, 6.07) is 13.7. The van der Waals surface area contributed by atoms with Crippen molar-refractivity contribution in [3.8, 4) is 11.4 Å². The predicted molar refractivity (Wildman–Crippen MR) is 98.0 cm³/mol. The second kappa shape index (κ2) is 7.88. The van der Waals surface area contributed by atoms with E-state index in [4.69, 9.17) is 11.6 Å². The second-order valence-corrected chi connectivity index (χ2v) is 5.99. The molecule has 7 nitrogen and oxygen atoms in total. The molecule has 1 aromatic heterocycles. The van der Waals surface area contributed by atoms with E-state index in [1.54, 1.807) is 55.5 Å². The van der Waals surface area contributed by atoms with Crippen LogP contribution in [-0.2, 0) is 11.3 Å². The Balaban J connectivity index is 1.66. The van der Waals surface area contributed by atoms with Crippen molar-refractivity contribution in [1.82, 2.24) is 20.2 Å². The van der Waals surface area contributed by atoms with Crippen LogP contribution in [-0.4, -0.2) is 31.9 Å². The van der Waals surface area contributed by atoms with Crippen LogP contribution in [0.2, 0.25) is 5.02 Å². The van der Waals surface area contributed by atoms with Gasteiger partial charge in [-0.15, -0.1) is 10.2 Å². The predicted octanol–water partition coefficient (Wildman–Crippen LogP) is 3.22. The molecule has 0 bridgehead atoms. The smallest absolute Gasteiger partial charge is 0.224 e. The van der Waals surface area contributed by atoms with Gasteiger partial charge in [0.05, 0.1) is 0 Å². The van der Waals surface area contributed by atoms with Gasteiger partial charge in [-0.2, -0.15) is 4.80 Å². The lowest BCUT2D eigenvalue weighted by atomic mass is 10.1. The van der Waals surface area contributed by atoms with Crippen LogP contribution in [0.4, 0.5) is 5.69 Å². The number of tetrazole rings is 1. The van der Waals surface area contributed by atoms with Crippen LogP contribution in [0.3, 0.4) is 0 Å². The van der Waals surface area contributed by atoms with E-state index in [1.807, 2.05) is 0 Å². The van der Waals surface area contributed by atoms with Gasteiger partial charge >= 0.3 is 0 Å². The number of anilines is 1. The number of amides is 1. The van der Waals surface area contributed by atoms with Crippen molar-refractivity contribution >= 4 is 29.0 Å². The maximum absolute atomic E-state index is 12.4. The molecule has 0 aliphatic rings. The zero-order chi connectivity index (χ0) is 18.5. The Morgan fingerprint density at radius 2 is 1.77 bits per heavy atom. The van der Waals surface area contributed by atoms with Gasteiger partial charge in [-0.05, 0) is 53.7 Å². The minimum absolute atomic E-state index is 0.0265. The SMILES string of the molecule is CCC(=O)Nc1ccc(C(=O)Cn2nnc(-c3ccc(Cl)cc3)n2)cc1. The molecule has 1 heterocycles. The highest BCUT2D eigenvalue weighted by Crippen LogP contribution is 2.17. The highest BCUT2D eigenvalue weighted by molar-refractivity contribution is 6.30. The van der Waals surface area contributed by atoms with Crippen molar-refractivity contribution in [3.63, 3.8) is 0 Å². The Hall–Kier alpha value is -3.06. The number of halogens is 1. The van der Waals surface area contributed by atoms with E-state index in [0.717, 1.165) is 5.56 Å². The lowest BCUT2D eigenvalue weighted by molar-refractivity contribution is -0.115. The zero-order valence-corrected chi connectivity index (χ0v) is 14.8. The van der Waals surface area contributed by atoms with Crippen molar-refractivity contribution in [2.45, 2.75) is 19.9 Å². The van der Waals surface area contributed by atoms with E-state index >= 15 is 0 Å². The van der Waals surface area contributed by atoms with Crippen molar-refractivity contribution in [1.29, 1.82) is 0 Å². The first-order valence-corrected chi connectivity index (χ1v) is 8.40. The third-order valence-corrected chi connectivity index (χ3v) is 3.90. The maximum Gasteiger partial charge on any atom is 0.224 e. The molecule has 3 rings (SSSR count). The number of aromatic nitrogens is 4. The lowest BCUT2D eigenvalue weighted by Gasteiger charge is -2.04. The highest BCUT2D eigenvalue weighted by Gasteiger charge is 2.11. The number of carbonyl (C=O) groups is 2. The molecule has 26 heavy (non-hydrogen) atoms. The van der Waals surface area contributed by atoms with Gasteiger partial charge in [-0.25, -0.2) is 0 Å². The Morgan fingerprint density at radius 3 is 2.42 bits per heavy atom. The third-order valence-electron chi connectivity index (χ3n) is 3.65. The summed E-state index contributed by atoms with van der Waals surface area (Å²) in [6.45, 7) is 1.75. The number of ketones is 1. The van der Waals surface area contributed by atoms with Gasteiger partial charge in [0.25, 0.3) is 0 Å². The van der Waals surface area contributed by atoms with Crippen LogP contribution in [0.5, 0.6) is 0 Å². The summed E-state index contributed by atoms with van der Waals surface area (Å²) < 4.78 is 0. The number of rotatable bonds is 6. The first kappa shape index (κ1) is 17.8. The molecule has 1 amide bonds. The molecule has 0 unspecified atom stereocenters. The molecule has 132 valence electrons. The normalized spacial score (nSPS) is 10.5. The minimum atomic E-state index is -0.154. The molecule has 0 radical (unpaired) electrons. The fourth-order valence-electron chi connectivity index (χ4n) is 2.23. The number of nitrogens with zero attached hydrogens (tertiary/aromatic N) is 4. The van der Waals surface area contributed by atoms with Gasteiger partial charge in [0.1, 0.15) is 6.54 Å². The Kier molecular flexibility index (Phi) is 5.38. The molecule has 0 saturated carbocycles. The average Bonchev–Trinajstić information content (AvgIpc) is 3.11. The van der Waals surface area contributed by atoms with E-state index in [2.05, 4.69) is 20.7 Å². The maximum atomic E-state index is 12.4. The largest absolute Gasteiger partial charge is 0.326 e. The lowest BCUT2D eigenvalue weighted by Crippen LogP contribution is -2.14. The summed E-state index contributed by atoms with van der Waals surface area (Å²) in [4.78, 5) is 25.0. The number of hydrogen-bond acceptors (Lipinski definition) is 5. The van der Waals surface area contributed by atoms with Crippen LogP contribution in [0.25, 0.3) is 11.4 Å². The van der Waals surface area contributed by atoms with Crippen molar-refractivity contribution in [3.05, 3.63) is 59.1 Å². The first-order valence-electron chi connectivity index (χ1n) is 8.02. The van der Waals surface area contributed by atoms with Gasteiger partial charge in [0, 0.05) is 28.3 Å². The van der Waals surface area contributed by atoms with Crippen LogP contribution in [0.1, 0.15) is 23.7 Å². The van der Waals surface area contributed by atoms with Gasteiger partial charge in [-0.1, -0.05) is 18.5 Å². The summed E-state index contributed by atoms with van der Waals surface area (Å²) in [7, 11) is 0. The number of benzene rings is 2. The zero-order valence-electron chi connectivity index (χ0n) is 14.0. The molecule has 1 N–H and O–H groups in total. The number of nitrogens with one attached hydrogen (secondary N) is 1. The van der Waals surface area contributed by atoms with E-state index in [-0.39, 0.29) is 18.2 Å². The summed E-state index contributed by atoms with van der Waals surface area (Å²) in [6.07, 6.45) is 0.397. The monoisotopic (exact) mass is 369 g/mol. The molecular weight excluding hydrogens is 354 g/mol. The molecule has 0 atom stereocenters. The fraction of sp³-hybridized carbons (Fsp3) is 0.167. The molecule has 0 spiro atoms. The van der Waals surface area contributed by atoms with E-state index in [1.165, 1.54) is 4.80 Å². The van der Waals surface area contributed by atoms with Gasteiger partial charge in [-0.3, -0.25) is 9.59 Å². The third kappa shape index (κ3) is 4.31. The quantitative estimate of drug-likeness (QED) is 0.674. The average molecular weight is 370 g/mol. The number of Topliss-reactive ketones (excluding diaryl/α,β-unsaturated/α-hetero) is 1.